The monoisotopic (exact) mass is 291 g/mol. The zero-order valence-corrected chi connectivity index (χ0v) is 11.9. The highest BCUT2D eigenvalue weighted by molar-refractivity contribution is 7.80. The fourth-order valence-corrected chi connectivity index (χ4v) is 2.42. The van der Waals surface area contributed by atoms with Crippen molar-refractivity contribution in [1.82, 2.24) is 10.3 Å². The first kappa shape index (κ1) is 13.6. The van der Waals surface area contributed by atoms with Crippen LogP contribution in [0, 0.1) is 6.92 Å². The molecule has 0 spiro atoms. The summed E-state index contributed by atoms with van der Waals surface area (Å²) in [5.41, 5.74) is 6.94. The minimum Gasteiger partial charge on any atom is -0.391 e. The van der Waals surface area contributed by atoms with Crippen LogP contribution in [0.3, 0.4) is 0 Å². The Labute approximate surface area is 120 Å². The molecule has 0 fully saturated rings. The molecule has 3 N–H and O–H groups in total. The molecule has 0 bridgehead atoms. The molecule has 1 atom stereocenters. The first-order chi connectivity index (χ1) is 9.08. The van der Waals surface area contributed by atoms with E-state index in [2.05, 4.69) is 10.3 Å². The van der Waals surface area contributed by atoms with E-state index in [1.165, 1.54) is 11.3 Å². The molecule has 0 aliphatic heterocycles. The van der Waals surface area contributed by atoms with Crippen LogP contribution in [0.25, 0.3) is 0 Å². The number of hydrogen-bond acceptors (Lipinski definition) is 4. The van der Waals surface area contributed by atoms with Crippen molar-refractivity contribution in [1.29, 1.82) is 0 Å². The van der Waals surface area contributed by atoms with Crippen LogP contribution in [0.1, 0.15) is 27.1 Å². The van der Waals surface area contributed by atoms with Gasteiger partial charge in [-0.1, -0.05) is 42.5 Å². The Hall–Kier alpha value is -1.79. The van der Waals surface area contributed by atoms with Gasteiger partial charge in [-0.2, -0.15) is 0 Å². The number of nitrogens with two attached hydrogens (primary N) is 1. The summed E-state index contributed by atoms with van der Waals surface area (Å²) >= 11 is 6.45. The summed E-state index contributed by atoms with van der Waals surface area (Å²) in [7, 11) is 0. The van der Waals surface area contributed by atoms with E-state index in [4.69, 9.17) is 18.0 Å². The number of aryl methyl sites for hydroxylation is 1. The number of rotatable bonds is 4. The van der Waals surface area contributed by atoms with E-state index in [0.717, 1.165) is 10.6 Å². The molecule has 2 aromatic rings. The molecule has 0 radical (unpaired) electrons. The summed E-state index contributed by atoms with van der Waals surface area (Å²) < 4.78 is 0. The molecule has 98 valence electrons. The van der Waals surface area contributed by atoms with Crippen LogP contribution in [0.5, 0.6) is 0 Å². The highest BCUT2D eigenvalue weighted by Crippen LogP contribution is 2.15. The Balaban J connectivity index is 2.18. The summed E-state index contributed by atoms with van der Waals surface area (Å²) in [6.07, 6.45) is 0. The maximum atomic E-state index is 12.1. The molecule has 19 heavy (non-hydrogen) atoms. The number of aromatic nitrogens is 1. The van der Waals surface area contributed by atoms with Gasteiger partial charge in [0, 0.05) is 5.38 Å². The van der Waals surface area contributed by atoms with Gasteiger partial charge in [-0.25, -0.2) is 4.98 Å². The quantitative estimate of drug-likeness (QED) is 0.848. The SMILES string of the molecule is Cc1nc(C(=O)NC(C(N)=S)c2ccccc2)cs1. The number of nitrogens with one attached hydrogen (secondary N) is 1. The van der Waals surface area contributed by atoms with Crippen molar-refractivity contribution in [3.05, 3.63) is 52.0 Å². The first-order valence-corrected chi connectivity index (χ1v) is 6.94. The summed E-state index contributed by atoms with van der Waals surface area (Å²) in [5, 5.41) is 5.36. The van der Waals surface area contributed by atoms with Gasteiger partial charge in [-0.05, 0) is 12.5 Å². The Morgan fingerprint density at radius 2 is 2.11 bits per heavy atom. The van der Waals surface area contributed by atoms with Crippen molar-refractivity contribution >= 4 is 34.5 Å². The third-order valence-corrected chi connectivity index (χ3v) is 3.55. The summed E-state index contributed by atoms with van der Waals surface area (Å²) in [5.74, 6) is -0.272. The van der Waals surface area contributed by atoms with Gasteiger partial charge in [0.15, 0.2) is 0 Å². The molecule has 0 saturated heterocycles. The van der Waals surface area contributed by atoms with Gasteiger partial charge in [0.25, 0.3) is 5.91 Å². The van der Waals surface area contributed by atoms with Gasteiger partial charge in [0.05, 0.1) is 5.01 Å². The lowest BCUT2D eigenvalue weighted by molar-refractivity contribution is 0.0942. The molecule has 6 heteroatoms. The molecule has 0 aliphatic carbocycles. The largest absolute Gasteiger partial charge is 0.391 e. The smallest absolute Gasteiger partial charge is 0.271 e. The predicted molar refractivity (Wildman–Crippen MR) is 80.3 cm³/mol. The average Bonchev–Trinajstić information content (AvgIpc) is 2.83. The Bertz CT molecular complexity index is 595. The second-order valence-corrected chi connectivity index (χ2v) is 5.50. The Morgan fingerprint density at radius 3 is 2.63 bits per heavy atom. The van der Waals surface area contributed by atoms with Crippen molar-refractivity contribution < 1.29 is 4.79 Å². The number of amides is 1. The van der Waals surface area contributed by atoms with Crippen molar-refractivity contribution in [2.45, 2.75) is 13.0 Å². The average molecular weight is 291 g/mol. The number of benzene rings is 1. The Morgan fingerprint density at radius 1 is 1.42 bits per heavy atom. The standard InChI is InChI=1S/C13H13N3OS2/c1-8-15-10(7-19-8)13(17)16-11(12(14)18)9-5-3-2-4-6-9/h2-7,11H,1H3,(H2,14,18)(H,16,17). The molecule has 0 saturated carbocycles. The van der Waals surface area contributed by atoms with E-state index in [0.29, 0.717) is 5.69 Å². The third-order valence-electron chi connectivity index (χ3n) is 2.54. The molecule has 1 unspecified atom stereocenters. The number of nitrogens with zero attached hydrogens (tertiary/aromatic N) is 1. The van der Waals surface area contributed by atoms with E-state index >= 15 is 0 Å². The van der Waals surface area contributed by atoms with Crippen LogP contribution in [0.4, 0.5) is 0 Å². The van der Waals surface area contributed by atoms with Gasteiger partial charge in [-0.3, -0.25) is 4.79 Å². The van der Waals surface area contributed by atoms with Crippen LogP contribution in [-0.4, -0.2) is 15.9 Å². The second kappa shape index (κ2) is 5.90. The molecule has 4 nitrogen and oxygen atoms in total. The summed E-state index contributed by atoms with van der Waals surface area (Å²) in [6, 6.07) is 8.91. The highest BCUT2D eigenvalue weighted by atomic mass is 32.1. The molecular formula is C13H13N3OS2. The van der Waals surface area contributed by atoms with Gasteiger partial charge < -0.3 is 11.1 Å². The predicted octanol–water partition coefficient (Wildman–Crippen LogP) is 2.21. The molecular weight excluding hydrogens is 278 g/mol. The fraction of sp³-hybridized carbons (Fsp3) is 0.154. The molecule has 1 aromatic heterocycles. The molecule has 1 heterocycles. The fourth-order valence-electron chi connectivity index (χ4n) is 1.64. The second-order valence-electron chi connectivity index (χ2n) is 3.97. The van der Waals surface area contributed by atoms with Crippen molar-refractivity contribution in [2.75, 3.05) is 0 Å². The van der Waals surface area contributed by atoms with Crippen molar-refractivity contribution in [2.24, 2.45) is 5.73 Å². The topological polar surface area (TPSA) is 68.0 Å². The lowest BCUT2D eigenvalue weighted by Gasteiger charge is -2.17. The molecule has 0 aliphatic rings. The van der Waals surface area contributed by atoms with Crippen LogP contribution < -0.4 is 11.1 Å². The zero-order valence-electron chi connectivity index (χ0n) is 10.3. The van der Waals surface area contributed by atoms with Gasteiger partial charge in [-0.15, -0.1) is 11.3 Å². The minimum absolute atomic E-state index is 0.228. The summed E-state index contributed by atoms with van der Waals surface area (Å²) in [6.45, 7) is 1.85. The van der Waals surface area contributed by atoms with Gasteiger partial charge >= 0.3 is 0 Å². The summed E-state index contributed by atoms with van der Waals surface area (Å²) in [4.78, 5) is 16.4. The number of thiazole rings is 1. The van der Waals surface area contributed by atoms with Crippen LogP contribution in [0.2, 0.25) is 0 Å². The van der Waals surface area contributed by atoms with Crippen LogP contribution in [0.15, 0.2) is 35.7 Å². The lowest BCUT2D eigenvalue weighted by atomic mass is 10.1. The van der Waals surface area contributed by atoms with Gasteiger partial charge in [0.2, 0.25) is 0 Å². The van der Waals surface area contributed by atoms with E-state index < -0.39 is 6.04 Å². The maximum absolute atomic E-state index is 12.1. The van der Waals surface area contributed by atoms with Crippen LogP contribution >= 0.6 is 23.6 Å². The zero-order chi connectivity index (χ0) is 13.8. The van der Waals surface area contributed by atoms with E-state index in [-0.39, 0.29) is 10.9 Å². The molecule has 1 amide bonds. The van der Waals surface area contributed by atoms with E-state index in [1.807, 2.05) is 37.3 Å². The highest BCUT2D eigenvalue weighted by Gasteiger charge is 2.19. The number of carbonyl (C=O) groups is 1. The van der Waals surface area contributed by atoms with Crippen molar-refractivity contribution in [3.63, 3.8) is 0 Å². The van der Waals surface area contributed by atoms with Crippen molar-refractivity contribution in [3.8, 4) is 0 Å². The van der Waals surface area contributed by atoms with E-state index in [9.17, 15) is 4.79 Å². The van der Waals surface area contributed by atoms with E-state index in [1.54, 1.807) is 5.38 Å². The number of hydrogen-bond donors (Lipinski definition) is 2. The number of thiocarbonyl (C=S) groups is 1. The normalized spacial score (nSPS) is 11.8. The molecule has 2 rings (SSSR count). The number of carbonyl (C=O) groups excluding carboxylic acids is 1. The maximum Gasteiger partial charge on any atom is 0.271 e. The first-order valence-electron chi connectivity index (χ1n) is 5.65. The Kier molecular flexibility index (Phi) is 4.24. The van der Waals surface area contributed by atoms with Gasteiger partial charge in [0.1, 0.15) is 16.7 Å². The third kappa shape index (κ3) is 3.36. The lowest BCUT2D eigenvalue weighted by Crippen LogP contribution is -2.36. The molecule has 1 aromatic carbocycles. The van der Waals surface area contributed by atoms with Crippen LogP contribution in [-0.2, 0) is 0 Å². The minimum atomic E-state index is -0.481.